The summed E-state index contributed by atoms with van der Waals surface area (Å²) in [6.07, 6.45) is 8.35. The first-order valence-electron chi connectivity index (χ1n) is 15.9. The molecule has 41 heavy (non-hydrogen) atoms. The quantitative estimate of drug-likeness (QED) is 0.123. The summed E-state index contributed by atoms with van der Waals surface area (Å²) in [4.78, 5) is 21.7. The molecule has 0 fully saturated rings. The first kappa shape index (κ1) is 51.5. The van der Waals surface area contributed by atoms with Crippen molar-refractivity contribution in [2.45, 2.75) is 182 Å². The van der Waals surface area contributed by atoms with E-state index in [4.69, 9.17) is 19.1 Å². The maximum atomic E-state index is 10.8. The van der Waals surface area contributed by atoms with Crippen molar-refractivity contribution in [1.82, 2.24) is 0 Å². The van der Waals surface area contributed by atoms with E-state index < -0.39 is 17.1 Å². The van der Waals surface area contributed by atoms with Crippen LogP contribution in [-0.2, 0) is 30.6 Å². The molecule has 0 radical (unpaired) electrons. The monoisotopic (exact) mass is 660 g/mol. The molecular formula is C32H76O6Si2Ti. The fourth-order valence-corrected chi connectivity index (χ4v) is 11.3. The Kier molecular flexibility index (Phi) is 31.6. The van der Waals surface area contributed by atoms with Crippen LogP contribution in [0, 0.1) is 0 Å². The maximum Gasteiger partial charge on any atom is 0.346 e. The van der Waals surface area contributed by atoms with E-state index in [1.165, 1.54) is 0 Å². The number of hydrogen-bond donors (Lipinski definition) is 4. The SMILES string of the molecule is CCCCO.CCCCO.CCCCO[Si](O)(C(C)(C)C)C(C)(C)C.CCCCO[Si](O)(C(C)(C)C)C(C)(C)C.[Ti]. The third kappa shape index (κ3) is 22.1. The zero-order valence-electron chi connectivity index (χ0n) is 30.6. The molecule has 252 valence electrons. The molecule has 0 rings (SSSR count). The smallest absolute Gasteiger partial charge is 0.346 e. The second kappa shape index (κ2) is 25.1. The Morgan fingerprint density at radius 2 is 0.634 bits per heavy atom. The van der Waals surface area contributed by atoms with E-state index in [0.717, 1.165) is 51.4 Å². The predicted molar refractivity (Wildman–Crippen MR) is 181 cm³/mol. The molecule has 6 nitrogen and oxygen atoms in total. The number of unbranched alkanes of at least 4 members (excludes halogenated alkanes) is 4. The topological polar surface area (TPSA) is 99.4 Å². The summed E-state index contributed by atoms with van der Waals surface area (Å²) in [6.45, 7) is 35.4. The third-order valence-corrected chi connectivity index (χ3v) is 16.1. The molecule has 0 amide bonds. The molecule has 9 heteroatoms. The minimum Gasteiger partial charge on any atom is -0.410 e. The Balaban J connectivity index is -0.000000156. The van der Waals surface area contributed by atoms with Gasteiger partial charge in [0.2, 0.25) is 0 Å². The van der Waals surface area contributed by atoms with Crippen molar-refractivity contribution in [3.63, 3.8) is 0 Å². The van der Waals surface area contributed by atoms with E-state index in [1.807, 2.05) is 0 Å². The zero-order valence-corrected chi connectivity index (χ0v) is 34.2. The van der Waals surface area contributed by atoms with Gasteiger partial charge in [-0.3, -0.25) is 0 Å². The van der Waals surface area contributed by atoms with Crippen LogP contribution in [0.25, 0.3) is 0 Å². The van der Waals surface area contributed by atoms with Gasteiger partial charge in [-0.25, -0.2) is 0 Å². The summed E-state index contributed by atoms with van der Waals surface area (Å²) in [5.74, 6) is 0. The van der Waals surface area contributed by atoms with Crippen LogP contribution < -0.4 is 0 Å². The molecule has 0 unspecified atom stereocenters. The van der Waals surface area contributed by atoms with Crippen LogP contribution in [0.3, 0.4) is 0 Å². The molecule has 0 saturated carbocycles. The van der Waals surface area contributed by atoms with E-state index in [9.17, 15) is 9.59 Å². The minimum absolute atomic E-state index is 0. The van der Waals surface area contributed by atoms with Crippen LogP contribution in [0.4, 0.5) is 0 Å². The Hall–Kier alpha value is 0.908. The normalized spacial score (nSPS) is 12.6. The van der Waals surface area contributed by atoms with Gasteiger partial charge in [-0.1, -0.05) is 136 Å². The molecule has 0 aliphatic carbocycles. The van der Waals surface area contributed by atoms with Crippen LogP contribution in [0.2, 0.25) is 20.2 Å². The van der Waals surface area contributed by atoms with E-state index >= 15 is 0 Å². The maximum absolute atomic E-state index is 10.8. The molecule has 0 bridgehead atoms. The molecule has 0 saturated heterocycles. The largest absolute Gasteiger partial charge is 0.410 e. The molecule has 0 aromatic heterocycles. The second-order valence-corrected chi connectivity index (χ2v) is 24.0. The Labute approximate surface area is 275 Å². The average Bonchev–Trinajstić information content (AvgIpc) is 2.78. The first-order valence-corrected chi connectivity index (χ1v) is 19.6. The van der Waals surface area contributed by atoms with Crippen LogP contribution >= 0.6 is 0 Å². The van der Waals surface area contributed by atoms with Crippen molar-refractivity contribution in [2.24, 2.45) is 0 Å². The molecule has 0 aromatic carbocycles. The van der Waals surface area contributed by atoms with Crippen LogP contribution in [-0.4, -0.2) is 63.4 Å². The van der Waals surface area contributed by atoms with Gasteiger partial charge in [-0.15, -0.1) is 0 Å². The van der Waals surface area contributed by atoms with Crippen molar-refractivity contribution in [1.29, 1.82) is 0 Å². The summed E-state index contributed by atoms with van der Waals surface area (Å²) < 4.78 is 11.8. The fraction of sp³-hybridized carbons (Fsp3) is 1.00. The number of aliphatic hydroxyl groups excluding tert-OH is 2. The summed E-state index contributed by atoms with van der Waals surface area (Å²) in [5, 5.41) is 15.6. The summed E-state index contributed by atoms with van der Waals surface area (Å²) >= 11 is 0. The van der Waals surface area contributed by atoms with E-state index in [2.05, 4.69) is 111 Å². The molecule has 4 N–H and O–H groups in total. The van der Waals surface area contributed by atoms with Gasteiger partial charge < -0.3 is 28.7 Å². The van der Waals surface area contributed by atoms with Gasteiger partial charge in [0.15, 0.2) is 0 Å². The molecule has 0 aliphatic rings. The second-order valence-electron chi connectivity index (χ2n) is 14.8. The third-order valence-electron chi connectivity index (χ3n) is 6.71. The van der Waals surface area contributed by atoms with E-state index in [1.54, 1.807) is 0 Å². The summed E-state index contributed by atoms with van der Waals surface area (Å²) in [7, 11) is -5.38. The van der Waals surface area contributed by atoms with Crippen molar-refractivity contribution < 1.29 is 50.4 Å². The van der Waals surface area contributed by atoms with E-state index in [0.29, 0.717) is 26.4 Å². The van der Waals surface area contributed by atoms with Crippen LogP contribution in [0.15, 0.2) is 0 Å². The molecule has 0 spiro atoms. The predicted octanol–water partition coefficient (Wildman–Crippen LogP) is 9.23. The number of rotatable bonds is 12. The van der Waals surface area contributed by atoms with Crippen molar-refractivity contribution >= 4 is 17.1 Å². The summed E-state index contributed by atoms with van der Waals surface area (Å²) in [5.41, 5.74) is 0. The number of aliphatic hydroxyl groups is 2. The fourth-order valence-electron chi connectivity index (χ4n) is 4.16. The average molecular weight is 661 g/mol. The van der Waals surface area contributed by atoms with Crippen LogP contribution in [0.5, 0.6) is 0 Å². The van der Waals surface area contributed by atoms with Gasteiger partial charge in [-0.2, -0.15) is 0 Å². The van der Waals surface area contributed by atoms with Gasteiger partial charge in [0.05, 0.1) is 0 Å². The molecule has 0 aliphatic heterocycles. The van der Waals surface area contributed by atoms with Crippen LogP contribution in [0.1, 0.15) is 162 Å². The number of hydrogen-bond acceptors (Lipinski definition) is 6. The van der Waals surface area contributed by atoms with Crippen molar-refractivity contribution in [2.75, 3.05) is 26.4 Å². The molecule has 0 heterocycles. The Morgan fingerprint density at radius 1 is 0.439 bits per heavy atom. The molecular weight excluding hydrogens is 584 g/mol. The van der Waals surface area contributed by atoms with Gasteiger partial charge in [-0.05, 0) is 25.7 Å². The zero-order chi connectivity index (χ0) is 32.9. The molecule has 0 atom stereocenters. The van der Waals surface area contributed by atoms with Crippen molar-refractivity contribution in [3.05, 3.63) is 0 Å². The standard InChI is InChI=1S/2C12H28O2Si.2C4H10O.Ti/c2*1-8-9-10-14-15(13,11(2,3)4)12(5,6)7;2*1-2-3-4-5;/h2*13H,8-10H2,1-7H3;2*5H,2-4H2,1H3;. The van der Waals surface area contributed by atoms with Gasteiger partial charge in [0, 0.05) is 68.3 Å². The Bertz CT molecular complexity index is 482. The van der Waals surface area contributed by atoms with E-state index in [-0.39, 0.29) is 41.9 Å². The van der Waals surface area contributed by atoms with Crippen molar-refractivity contribution in [3.8, 4) is 0 Å². The summed E-state index contributed by atoms with van der Waals surface area (Å²) in [6, 6.07) is 0. The molecule has 0 aromatic rings. The first-order chi connectivity index (χ1) is 17.9. The Morgan fingerprint density at radius 3 is 0.732 bits per heavy atom. The van der Waals surface area contributed by atoms with Gasteiger partial charge >= 0.3 is 17.1 Å². The van der Waals surface area contributed by atoms with Gasteiger partial charge in [0.25, 0.3) is 0 Å². The van der Waals surface area contributed by atoms with Gasteiger partial charge in [0.1, 0.15) is 0 Å². The minimum atomic E-state index is -2.69.